The quantitative estimate of drug-likeness (QED) is 0.898. The van der Waals surface area contributed by atoms with E-state index in [9.17, 15) is 4.79 Å². The monoisotopic (exact) mass is 272 g/mol. The molecular formula is C16H20N2O2. The molecule has 0 spiro atoms. The van der Waals surface area contributed by atoms with Gasteiger partial charge in [-0.2, -0.15) is 0 Å². The van der Waals surface area contributed by atoms with Gasteiger partial charge in [0, 0.05) is 30.1 Å². The summed E-state index contributed by atoms with van der Waals surface area (Å²) in [4.78, 5) is 17.8. The van der Waals surface area contributed by atoms with Gasteiger partial charge < -0.3 is 15.0 Å². The number of nitrogens with zero attached hydrogens (tertiary/aromatic N) is 1. The van der Waals surface area contributed by atoms with Crippen LogP contribution in [0.3, 0.4) is 0 Å². The Bertz CT molecular complexity index is 572. The maximum absolute atomic E-state index is 12.6. The van der Waals surface area contributed by atoms with E-state index in [1.165, 1.54) is 0 Å². The third kappa shape index (κ3) is 2.43. The van der Waals surface area contributed by atoms with Crippen LogP contribution in [0.25, 0.3) is 10.9 Å². The van der Waals surface area contributed by atoms with Gasteiger partial charge in [-0.3, -0.25) is 4.79 Å². The molecule has 1 amide bonds. The largest absolute Gasteiger partial charge is 0.396 e. The van der Waals surface area contributed by atoms with Crippen LogP contribution >= 0.6 is 0 Å². The average Bonchev–Trinajstić information content (AvgIpc) is 3.10. The molecule has 1 fully saturated rings. The number of carbonyl (C=O) groups excluding carboxylic acids is 1. The van der Waals surface area contributed by atoms with Gasteiger partial charge in [0.1, 0.15) is 5.69 Å². The molecule has 1 aliphatic rings. The van der Waals surface area contributed by atoms with Crippen LogP contribution in [0, 0.1) is 0 Å². The summed E-state index contributed by atoms with van der Waals surface area (Å²) in [6.07, 6.45) is 3.76. The zero-order valence-electron chi connectivity index (χ0n) is 11.5. The number of fused-ring (bicyclic) bond motifs is 1. The van der Waals surface area contributed by atoms with Crippen LogP contribution in [0.4, 0.5) is 0 Å². The van der Waals surface area contributed by atoms with Crippen LogP contribution in [0.1, 0.15) is 36.2 Å². The van der Waals surface area contributed by atoms with E-state index in [1.807, 2.05) is 35.2 Å². The molecule has 2 aromatic rings. The molecule has 0 bridgehead atoms. The van der Waals surface area contributed by atoms with Crippen molar-refractivity contribution in [3.63, 3.8) is 0 Å². The van der Waals surface area contributed by atoms with Crippen molar-refractivity contribution in [2.24, 2.45) is 0 Å². The summed E-state index contributed by atoms with van der Waals surface area (Å²) in [5.41, 5.74) is 1.67. The van der Waals surface area contributed by atoms with Crippen molar-refractivity contribution in [1.82, 2.24) is 9.88 Å². The van der Waals surface area contributed by atoms with Crippen molar-refractivity contribution >= 4 is 16.8 Å². The van der Waals surface area contributed by atoms with Crippen molar-refractivity contribution < 1.29 is 9.90 Å². The zero-order chi connectivity index (χ0) is 13.9. The Balaban J connectivity index is 1.80. The SMILES string of the molecule is O=C(c1cc2ccccc2[nH]1)N1CCCC1CCCO. The second kappa shape index (κ2) is 5.67. The van der Waals surface area contributed by atoms with E-state index in [0.29, 0.717) is 5.69 Å². The highest BCUT2D eigenvalue weighted by Gasteiger charge is 2.29. The number of nitrogens with one attached hydrogen (secondary N) is 1. The molecule has 106 valence electrons. The number of rotatable bonds is 4. The topological polar surface area (TPSA) is 56.3 Å². The third-order valence-corrected chi connectivity index (χ3v) is 4.09. The van der Waals surface area contributed by atoms with Crippen LogP contribution in [0.15, 0.2) is 30.3 Å². The Hall–Kier alpha value is -1.81. The van der Waals surface area contributed by atoms with E-state index in [2.05, 4.69) is 4.98 Å². The van der Waals surface area contributed by atoms with Gasteiger partial charge in [0.15, 0.2) is 0 Å². The number of carbonyl (C=O) groups is 1. The molecule has 2 heterocycles. The van der Waals surface area contributed by atoms with E-state index in [4.69, 9.17) is 5.11 Å². The smallest absolute Gasteiger partial charge is 0.270 e. The predicted molar refractivity (Wildman–Crippen MR) is 78.7 cm³/mol. The highest BCUT2D eigenvalue weighted by atomic mass is 16.3. The van der Waals surface area contributed by atoms with Crippen LogP contribution in [-0.4, -0.2) is 40.1 Å². The molecule has 1 aromatic heterocycles. The van der Waals surface area contributed by atoms with Gasteiger partial charge in [0.05, 0.1) is 0 Å². The van der Waals surface area contributed by atoms with Crippen molar-refractivity contribution in [1.29, 1.82) is 0 Å². The lowest BCUT2D eigenvalue weighted by Crippen LogP contribution is -2.35. The molecule has 1 saturated heterocycles. The van der Waals surface area contributed by atoms with Gasteiger partial charge in [-0.15, -0.1) is 0 Å². The van der Waals surface area contributed by atoms with Crippen molar-refractivity contribution in [2.45, 2.75) is 31.7 Å². The Morgan fingerprint density at radius 2 is 2.25 bits per heavy atom. The average molecular weight is 272 g/mol. The third-order valence-electron chi connectivity index (χ3n) is 4.09. The van der Waals surface area contributed by atoms with Crippen LogP contribution in [0.2, 0.25) is 0 Å². The molecular weight excluding hydrogens is 252 g/mol. The van der Waals surface area contributed by atoms with Gasteiger partial charge in [0.25, 0.3) is 5.91 Å². The molecule has 2 N–H and O–H groups in total. The fourth-order valence-electron chi connectivity index (χ4n) is 3.07. The van der Waals surface area contributed by atoms with Crippen molar-refractivity contribution in [2.75, 3.05) is 13.2 Å². The minimum absolute atomic E-state index is 0.0849. The Morgan fingerprint density at radius 1 is 1.40 bits per heavy atom. The predicted octanol–water partition coefficient (Wildman–Crippen LogP) is 2.55. The van der Waals surface area contributed by atoms with Crippen molar-refractivity contribution in [3.8, 4) is 0 Å². The second-order valence-corrected chi connectivity index (χ2v) is 5.43. The first-order valence-corrected chi connectivity index (χ1v) is 7.29. The standard InChI is InChI=1S/C16H20N2O2/c19-10-4-7-13-6-3-9-18(13)16(20)15-11-12-5-1-2-8-14(12)17-15/h1-2,5,8,11,13,17,19H,3-4,6-7,9-10H2. The minimum atomic E-state index is 0.0849. The Kier molecular flexibility index (Phi) is 3.74. The number of benzene rings is 1. The summed E-state index contributed by atoms with van der Waals surface area (Å²) in [7, 11) is 0. The lowest BCUT2D eigenvalue weighted by atomic mass is 10.1. The number of hydrogen-bond acceptors (Lipinski definition) is 2. The number of aliphatic hydroxyl groups excluding tert-OH is 1. The lowest BCUT2D eigenvalue weighted by molar-refractivity contribution is 0.0719. The molecule has 4 heteroatoms. The summed E-state index contributed by atoms with van der Waals surface area (Å²) in [6, 6.07) is 10.1. The van der Waals surface area contributed by atoms with Gasteiger partial charge >= 0.3 is 0 Å². The molecule has 0 aliphatic carbocycles. The van der Waals surface area contributed by atoms with E-state index in [1.54, 1.807) is 0 Å². The number of aromatic nitrogens is 1. The highest BCUT2D eigenvalue weighted by Crippen LogP contribution is 2.24. The maximum atomic E-state index is 12.6. The Labute approximate surface area is 118 Å². The number of para-hydroxylation sites is 1. The van der Waals surface area contributed by atoms with Crippen LogP contribution in [-0.2, 0) is 0 Å². The molecule has 1 atom stereocenters. The summed E-state index contributed by atoms with van der Waals surface area (Å²) >= 11 is 0. The molecule has 0 radical (unpaired) electrons. The number of hydrogen-bond donors (Lipinski definition) is 2. The van der Waals surface area contributed by atoms with E-state index in [0.717, 1.165) is 43.1 Å². The molecule has 1 aromatic carbocycles. The summed E-state index contributed by atoms with van der Waals surface area (Å²) in [5, 5.41) is 10.0. The minimum Gasteiger partial charge on any atom is -0.396 e. The van der Waals surface area contributed by atoms with Gasteiger partial charge in [-0.05, 0) is 37.8 Å². The van der Waals surface area contributed by atoms with Gasteiger partial charge in [-0.25, -0.2) is 0 Å². The number of aromatic amines is 1. The van der Waals surface area contributed by atoms with Crippen molar-refractivity contribution in [3.05, 3.63) is 36.0 Å². The molecule has 20 heavy (non-hydrogen) atoms. The number of amides is 1. The molecule has 3 rings (SSSR count). The normalized spacial score (nSPS) is 18.9. The number of likely N-dealkylation sites (tertiary alicyclic amines) is 1. The molecule has 4 nitrogen and oxygen atoms in total. The molecule has 1 aliphatic heterocycles. The first-order valence-electron chi connectivity index (χ1n) is 7.29. The fraction of sp³-hybridized carbons (Fsp3) is 0.438. The summed E-state index contributed by atoms with van der Waals surface area (Å²) < 4.78 is 0. The summed E-state index contributed by atoms with van der Waals surface area (Å²) in [6.45, 7) is 1.02. The maximum Gasteiger partial charge on any atom is 0.270 e. The molecule has 1 unspecified atom stereocenters. The van der Waals surface area contributed by atoms with Gasteiger partial charge in [-0.1, -0.05) is 18.2 Å². The van der Waals surface area contributed by atoms with E-state index >= 15 is 0 Å². The fourth-order valence-corrected chi connectivity index (χ4v) is 3.07. The number of aliphatic hydroxyl groups is 1. The second-order valence-electron chi connectivity index (χ2n) is 5.43. The summed E-state index contributed by atoms with van der Waals surface area (Å²) in [5.74, 6) is 0.0849. The highest BCUT2D eigenvalue weighted by molar-refractivity contribution is 5.98. The number of H-pyrrole nitrogens is 1. The first-order chi connectivity index (χ1) is 9.79. The first kappa shape index (κ1) is 13.2. The Morgan fingerprint density at radius 3 is 3.05 bits per heavy atom. The van der Waals surface area contributed by atoms with Crippen LogP contribution < -0.4 is 0 Å². The van der Waals surface area contributed by atoms with Gasteiger partial charge in [0.2, 0.25) is 0 Å². The molecule has 0 saturated carbocycles. The zero-order valence-corrected chi connectivity index (χ0v) is 11.5. The van der Waals surface area contributed by atoms with Crippen LogP contribution in [0.5, 0.6) is 0 Å². The van der Waals surface area contributed by atoms with E-state index < -0.39 is 0 Å². The van der Waals surface area contributed by atoms with E-state index in [-0.39, 0.29) is 18.6 Å². The lowest BCUT2D eigenvalue weighted by Gasteiger charge is -2.24.